The van der Waals surface area contributed by atoms with Crippen molar-refractivity contribution in [2.45, 2.75) is 26.4 Å². The maximum Gasteiger partial charge on any atom is 0.151 e. The van der Waals surface area contributed by atoms with Gasteiger partial charge in [-0.1, -0.05) is 0 Å². The van der Waals surface area contributed by atoms with Gasteiger partial charge in [-0.05, 0) is 38.1 Å². The van der Waals surface area contributed by atoms with Gasteiger partial charge in [0.05, 0.1) is 13.2 Å². The highest BCUT2D eigenvalue weighted by Gasteiger charge is 1.99. The lowest BCUT2D eigenvalue weighted by molar-refractivity contribution is -0.0918. The SMILES string of the molecule is CC(O)OCCOc1ccc(OCCOC(C)O)cc1. The molecule has 2 N–H and O–H groups in total. The van der Waals surface area contributed by atoms with E-state index in [-0.39, 0.29) is 0 Å². The average Bonchev–Trinajstić information content (AvgIpc) is 2.41. The summed E-state index contributed by atoms with van der Waals surface area (Å²) in [5, 5.41) is 17.8. The minimum Gasteiger partial charge on any atom is -0.491 e. The number of benzene rings is 1. The van der Waals surface area contributed by atoms with Crippen LogP contribution >= 0.6 is 0 Å². The van der Waals surface area contributed by atoms with E-state index in [2.05, 4.69) is 0 Å². The smallest absolute Gasteiger partial charge is 0.151 e. The molecular formula is C14H22O6. The first kappa shape index (κ1) is 16.7. The van der Waals surface area contributed by atoms with Crippen LogP contribution in [-0.4, -0.2) is 49.2 Å². The topological polar surface area (TPSA) is 77.4 Å². The molecule has 0 radical (unpaired) electrons. The van der Waals surface area contributed by atoms with Gasteiger partial charge in [0.25, 0.3) is 0 Å². The van der Waals surface area contributed by atoms with E-state index in [0.717, 1.165) is 0 Å². The van der Waals surface area contributed by atoms with Gasteiger partial charge in [-0.3, -0.25) is 0 Å². The van der Waals surface area contributed by atoms with Crippen molar-refractivity contribution in [3.63, 3.8) is 0 Å². The summed E-state index contributed by atoms with van der Waals surface area (Å²) < 4.78 is 20.7. The molecular weight excluding hydrogens is 264 g/mol. The van der Waals surface area contributed by atoms with E-state index in [9.17, 15) is 0 Å². The molecule has 0 aliphatic carbocycles. The van der Waals surface area contributed by atoms with Gasteiger partial charge in [0.2, 0.25) is 0 Å². The molecule has 1 aromatic carbocycles. The Morgan fingerprint density at radius 2 is 1.10 bits per heavy atom. The molecule has 114 valence electrons. The standard InChI is InChI=1S/C14H22O6/c1-11(15)17-7-9-19-13-3-5-14(6-4-13)20-10-8-18-12(2)16/h3-6,11-12,15-16H,7-10H2,1-2H3. The fourth-order valence-corrected chi connectivity index (χ4v) is 1.39. The Bertz CT molecular complexity index is 314. The van der Waals surface area contributed by atoms with Crippen LogP contribution in [0.4, 0.5) is 0 Å². The minimum atomic E-state index is -0.779. The Kier molecular flexibility index (Phi) is 7.98. The summed E-state index contributed by atoms with van der Waals surface area (Å²) in [5.41, 5.74) is 0. The molecule has 2 atom stereocenters. The fraction of sp³-hybridized carbons (Fsp3) is 0.571. The van der Waals surface area contributed by atoms with Crippen molar-refractivity contribution < 1.29 is 29.2 Å². The third-order valence-corrected chi connectivity index (χ3v) is 2.25. The first-order chi connectivity index (χ1) is 9.58. The molecule has 20 heavy (non-hydrogen) atoms. The predicted molar refractivity (Wildman–Crippen MR) is 72.7 cm³/mol. The first-order valence-corrected chi connectivity index (χ1v) is 6.53. The molecule has 0 heterocycles. The minimum absolute atomic E-state index is 0.326. The molecule has 0 aliphatic heterocycles. The van der Waals surface area contributed by atoms with Crippen molar-refractivity contribution in [1.29, 1.82) is 0 Å². The van der Waals surface area contributed by atoms with Crippen LogP contribution in [0.25, 0.3) is 0 Å². The normalized spacial score (nSPS) is 13.8. The first-order valence-electron chi connectivity index (χ1n) is 6.53. The molecule has 0 aromatic heterocycles. The van der Waals surface area contributed by atoms with Gasteiger partial charge in [-0.15, -0.1) is 0 Å². The van der Waals surface area contributed by atoms with Gasteiger partial charge >= 0.3 is 0 Å². The highest BCUT2D eigenvalue weighted by Crippen LogP contribution is 2.17. The van der Waals surface area contributed by atoms with Gasteiger partial charge in [-0.25, -0.2) is 0 Å². The maximum absolute atomic E-state index is 8.90. The van der Waals surface area contributed by atoms with Crippen LogP contribution in [0.5, 0.6) is 11.5 Å². The molecule has 0 saturated heterocycles. The highest BCUT2D eigenvalue weighted by atomic mass is 16.6. The van der Waals surface area contributed by atoms with E-state index in [1.165, 1.54) is 0 Å². The van der Waals surface area contributed by atoms with Crippen molar-refractivity contribution in [3.05, 3.63) is 24.3 Å². The predicted octanol–water partition coefficient (Wildman–Crippen LogP) is 1.15. The summed E-state index contributed by atoms with van der Waals surface area (Å²) in [6.07, 6.45) is -1.56. The zero-order valence-corrected chi connectivity index (χ0v) is 11.8. The van der Waals surface area contributed by atoms with E-state index in [4.69, 9.17) is 29.2 Å². The van der Waals surface area contributed by atoms with Crippen molar-refractivity contribution in [3.8, 4) is 11.5 Å². The van der Waals surface area contributed by atoms with Crippen molar-refractivity contribution in [2.75, 3.05) is 26.4 Å². The Labute approximate surface area is 118 Å². The Morgan fingerprint density at radius 1 is 0.750 bits per heavy atom. The van der Waals surface area contributed by atoms with Gasteiger partial charge in [0.15, 0.2) is 12.6 Å². The van der Waals surface area contributed by atoms with Crippen LogP contribution < -0.4 is 9.47 Å². The van der Waals surface area contributed by atoms with Gasteiger partial charge in [0, 0.05) is 0 Å². The van der Waals surface area contributed by atoms with Gasteiger partial charge in [-0.2, -0.15) is 0 Å². The molecule has 2 unspecified atom stereocenters. The largest absolute Gasteiger partial charge is 0.491 e. The molecule has 1 aromatic rings. The summed E-state index contributed by atoms with van der Waals surface area (Å²) in [6.45, 7) is 4.49. The monoisotopic (exact) mass is 286 g/mol. The van der Waals surface area contributed by atoms with E-state index < -0.39 is 12.6 Å². The van der Waals surface area contributed by atoms with E-state index >= 15 is 0 Å². The van der Waals surface area contributed by atoms with Crippen LogP contribution in [0.3, 0.4) is 0 Å². The third kappa shape index (κ3) is 7.96. The van der Waals surface area contributed by atoms with Crippen molar-refractivity contribution in [1.82, 2.24) is 0 Å². The quantitative estimate of drug-likeness (QED) is 0.496. The second kappa shape index (κ2) is 9.55. The van der Waals surface area contributed by atoms with Gasteiger partial charge < -0.3 is 29.2 Å². The molecule has 6 heteroatoms. The fourth-order valence-electron chi connectivity index (χ4n) is 1.39. The number of aliphatic hydroxyl groups excluding tert-OH is 2. The van der Waals surface area contributed by atoms with Crippen LogP contribution in [-0.2, 0) is 9.47 Å². The summed E-state index contributed by atoms with van der Waals surface area (Å²) in [7, 11) is 0. The Balaban J connectivity index is 2.19. The Hall–Kier alpha value is -1.34. The zero-order chi connectivity index (χ0) is 14.8. The lowest BCUT2D eigenvalue weighted by atomic mass is 10.3. The summed E-state index contributed by atoms with van der Waals surface area (Å²) >= 11 is 0. The summed E-state index contributed by atoms with van der Waals surface area (Å²) in [6, 6.07) is 7.14. The summed E-state index contributed by atoms with van der Waals surface area (Å²) in [5.74, 6) is 1.40. The van der Waals surface area contributed by atoms with E-state index in [1.54, 1.807) is 38.1 Å². The van der Waals surface area contributed by atoms with Crippen LogP contribution in [0.1, 0.15) is 13.8 Å². The molecule has 0 aliphatic rings. The second-order valence-corrected chi connectivity index (χ2v) is 4.11. The van der Waals surface area contributed by atoms with Crippen molar-refractivity contribution >= 4 is 0 Å². The highest BCUT2D eigenvalue weighted by molar-refractivity contribution is 5.31. The van der Waals surface area contributed by atoms with Crippen LogP contribution in [0, 0.1) is 0 Å². The second-order valence-electron chi connectivity index (χ2n) is 4.11. The molecule has 1 rings (SSSR count). The molecule has 0 bridgehead atoms. The number of ether oxygens (including phenoxy) is 4. The van der Waals surface area contributed by atoms with Crippen LogP contribution in [0.15, 0.2) is 24.3 Å². The number of aliphatic hydroxyl groups is 2. The third-order valence-electron chi connectivity index (χ3n) is 2.25. The molecule has 0 fully saturated rings. The average molecular weight is 286 g/mol. The van der Waals surface area contributed by atoms with Crippen LogP contribution in [0.2, 0.25) is 0 Å². The van der Waals surface area contributed by atoms with E-state index in [0.29, 0.717) is 37.9 Å². The number of hydrogen-bond donors (Lipinski definition) is 2. The van der Waals surface area contributed by atoms with E-state index in [1.807, 2.05) is 0 Å². The number of rotatable bonds is 10. The Morgan fingerprint density at radius 3 is 1.40 bits per heavy atom. The maximum atomic E-state index is 8.90. The summed E-state index contributed by atoms with van der Waals surface area (Å²) in [4.78, 5) is 0. The zero-order valence-electron chi connectivity index (χ0n) is 11.8. The molecule has 6 nitrogen and oxygen atoms in total. The lowest BCUT2D eigenvalue weighted by Gasteiger charge is -2.10. The van der Waals surface area contributed by atoms with Gasteiger partial charge in [0.1, 0.15) is 24.7 Å². The molecule has 0 spiro atoms. The lowest BCUT2D eigenvalue weighted by Crippen LogP contribution is -2.13. The molecule has 0 saturated carbocycles. The number of hydrogen-bond acceptors (Lipinski definition) is 6. The van der Waals surface area contributed by atoms with Crippen molar-refractivity contribution in [2.24, 2.45) is 0 Å². The molecule has 0 amide bonds.